The number of halogens is 4. The van der Waals surface area contributed by atoms with Gasteiger partial charge in [-0.2, -0.15) is 4.39 Å². The number of hydrogen-bond acceptors (Lipinski definition) is 2. The van der Waals surface area contributed by atoms with Crippen LogP contribution in [0.25, 0.3) is 11.1 Å². The molecule has 4 rings (SSSR count). The third kappa shape index (κ3) is 4.91. The zero-order valence-corrected chi connectivity index (χ0v) is 19.3. The summed E-state index contributed by atoms with van der Waals surface area (Å²) in [5.41, 5.74) is 1.12. The summed E-state index contributed by atoms with van der Waals surface area (Å²) in [6.45, 7) is 2.03. The molecule has 3 aromatic carbocycles. The molecule has 1 aliphatic carbocycles. The van der Waals surface area contributed by atoms with Crippen molar-refractivity contribution in [2.45, 2.75) is 51.6 Å². The van der Waals surface area contributed by atoms with Gasteiger partial charge in [-0.25, -0.2) is 13.2 Å². The second-order valence-electron chi connectivity index (χ2n) is 8.82. The van der Waals surface area contributed by atoms with Gasteiger partial charge in [0.15, 0.2) is 23.2 Å². The van der Waals surface area contributed by atoms with Gasteiger partial charge >= 0.3 is 0 Å². The largest absolute Gasteiger partial charge is 0.494 e. The number of benzene rings is 3. The van der Waals surface area contributed by atoms with Crippen molar-refractivity contribution in [1.29, 1.82) is 0 Å². The molecule has 1 aliphatic rings. The highest BCUT2D eigenvalue weighted by atomic mass is 19.2. The van der Waals surface area contributed by atoms with Gasteiger partial charge in [0.2, 0.25) is 5.82 Å². The fourth-order valence-corrected chi connectivity index (χ4v) is 4.72. The van der Waals surface area contributed by atoms with Crippen LogP contribution in [0.1, 0.15) is 56.1 Å². The van der Waals surface area contributed by atoms with E-state index in [1.807, 2.05) is 0 Å². The Bertz CT molecular complexity index is 1140. The van der Waals surface area contributed by atoms with E-state index in [0.717, 1.165) is 32.1 Å². The van der Waals surface area contributed by atoms with Crippen LogP contribution in [0.2, 0.25) is 0 Å². The van der Waals surface area contributed by atoms with Gasteiger partial charge in [0, 0.05) is 11.1 Å². The lowest BCUT2D eigenvalue weighted by Gasteiger charge is -2.28. The third-order valence-electron chi connectivity index (χ3n) is 6.88. The summed E-state index contributed by atoms with van der Waals surface area (Å²) in [5, 5.41) is 0. The van der Waals surface area contributed by atoms with Crippen molar-refractivity contribution in [3.63, 3.8) is 0 Å². The molecule has 0 spiro atoms. The van der Waals surface area contributed by atoms with Crippen LogP contribution >= 0.6 is 0 Å². The van der Waals surface area contributed by atoms with E-state index in [-0.39, 0.29) is 29.4 Å². The van der Waals surface area contributed by atoms with Crippen LogP contribution in [0.5, 0.6) is 11.5 Å². The van der Waals surface area contributed by atoms with E-state index < -0.39 is 23.3 Å². The van der Waals surface area contributed by atoms with Crippen molar-refractivity contribution >= 4 is 0 Å². The van der Waals surface area contributed by atoms with Gasteiger partial charge in [0.25, 0.3) is 0 Å². The maximum Gasteiger partial charge on any atom is 0.201 e. The van der Waals surface area contributed by atoms with Gasteiger partial charge in [-0.1, -0.05) is 37.6 Å². The van der Waals surface area contributed by atoms with Crippen molar-refractivity contribution in [2.75, 3.05) is 7.11 Å². The van der Waals surface area contributed by atoms with Gasteiger partial charge in [0.05, 0.1) is 7.11 Å². The summed E-state index contributed by atoms with van der Waals surface area (Å²) < 4.78 is 68.3. The molecule has 0 bridgehead atoms. The lowest BCUT2D eigenvalue weighted by Crippen LogP contribution is -2.15. The molecule has 2 nitrogen and oxygen atoms in total. The lowest BCUT2D eigenvalue weighted by atomic mass is 9.77. The lowest BCUT2D eigenvalue weighted by molar-refractivity contribution is 0.294. The molecule has 0 N–H and O–H groups in total. The second kappa shape index (κ2) is 10.5. The summed E-state index contributed by atoms with van der Waals surface area (Å²) >= 11 is 0. The first-order valence-corrected chi connectivity index (χ1v) is 11.6. The molecule has 0 saturated heterocycles. The van der Waals surface area contributed by atoms with Gasteiger partial charge in [-0.05, 0) is 72.9 Å². The predicted octanol–water partition coefficient (Wildman–Crippen LogP) is 8.18. The first-order chi connectivity index (χ1) is 16.4. The Hall–Kier alpha value is -3.02. The maximum atomic E-state index is 14.8. The van der Waals surface area contributed by atoms with Gasteiger partial charge in [-0.3, -0.25) is 0 Å². The third-order valence-corrected chi connectivity index (χ3v) is 6.88. The zero-order chi connectivity index (χ0) is 24.2. The highest BCUT2D eigenvalue weighted by Gasteiger charge is 2.25. The summed E-state index contributed by atoms with van der Waals surface area (Å²) in [6, 6.07) is 12.4. The topological polar surface area (TPSA) is 18.5 Å². The fraction of sp³-hybridized carbons (Fsp3) is 0.357. The molecule has 0 radical (unpaired) electrons. The Morgan fingerprint density at radius 1 is 0.765 bits per heavy atom. The minimum atomic E-state index is -1.06. The highest BCUT2D eigenvalue weighted by Crippen LogP contribution is 2.39. The van der Waals surface area contributed by atoms with E-state index in [0.29, 0.717) is 22.8 Å². The molecule has 0 amide bonds. The van der Waals surface area contributed by atoms with Gasteiger partial charge in [-0.15, -0.1) is 0 Å². The monoisotopic (exact) mass is 472 g/mol. The van der Waals surface area contributed by atoms with Crippen LogP contribution in [0.15, 0.2) is 48.5 Å². The molecule has 0 aliphatic heterocycles. The second-order valence-corrected chi connectivity index (χ2v) is 8.82. The van der Waals surface area contributed by atoms with E-state index in [1.165, 1.54) is 19.2 Å². The normalized spacial score (nSPS) is 18.1. The van der Waals surface area contributed by atoms with Gasteiger partial charge in [0.1, 0.15) is 12.4 Å². The Kier molecular flexibility index (Phi) is 7.44. The van der Waals surface area contributed by atoms with Crippen molar-refractivity contribution in [2.24, 2.45) is 5.92 Å². The fourth-order valence-electron chi connectivity index (χ4n) is 4.72. The van der Waals surface area contributed by atoms with Crippen molar-refractivity contribution < 1.29 is 27.0 Å². The average Bonchev–Trinajstić information content (AvgIpc) is 2.87. The predicted molar refractivity (Wildman–Crippen MR) is 124 cm³/mol. The number of rotatable bonds is 7. The molecule has 1 fully saturated rings. The quantitative estimate of drug-likeness (QED) is 0.323. The molecule has 3 aromatic rings. The molecular formula is C28H28F4O2. The number of ether oxygens (including phenoxy) is 2. The summed E-state index contributed by atoms with van der Waals surface area (Å²) in [6.07, 6.45) is 5.00. The molecule has 180 valence electrons. The Morgan fingerprint density at radius 2 is 1.47 bits per heavy atom. The smallest absolute Gasteiger partial charge is 0.201 e. The summed E-state index contributed by atoms with van der Waals surface area (Å²) in [5.74, 6) is -2.74. The summed E-state index contributed by atoms with van der Waals surface area (Å²) in [4.78, 5) is 0. The molecule has 6 heteroatoms. The van der Waals surface area contributed by atoms with Crippen LogP contribution in [-0.2, 0) is 6.61 Å². The molecule has 34 heavy (non-hydrogen) atoms. The van der Waals surface area contributed by atoms with Crippen LogP contribution in [0, 0.1) is 29.2 Å². The Morgan fingerprint density at radius 3 is 2.12 bits per heavy atom. The molecule has 0 unspecified atom stereocenters. The Balaban J connectivity index is 1.43. The summed E-state index contributed by atoms with van der Waals surface area (Å²) in [7, 11) is 1.27. The van der Waals surface area contributed by atoms with Crippen molar-refractivity contribution in [1.82, 2.24) is 0 Å². The van der Waals surface area contributed by atoms with Gasteiger partial charge < -0.3 is 9.47 Å². The molecule has 1 saturated carbocycles. The van der Waals surface area contributed by atoms with Crippen LogP contribution in [-0.4, -0.2) is 7.11 Å². The molecule has 0 heterocycles. The van der Waals surface area contributed by atoms with E-state index >= 15 is 0 Å². The van der Waals surface area contributed by atoms with Crippen molar-refractivity contribution in [3.8, 4) is 22.6 Å². The SMILES string of the molecule is CCC1CCC(c2ccc(COc3ccc(-c4ccc(OC)c(F)c4F)cc3)c(F)c2F)CC1. The van der Waals surface area contributed by atoms with Crippen LogP contribution in [0.4, 0.5) is 17.6 Å². The van der Waals surface area contributed by atoms with E-state index in [2.05, 4.69) is 6.92 Å². The van der Waals surface area contributed by atoms with Crippen LogP contribution < -0.4 is 9.47 Å². The minimum absolute atomic E-state index is 0.0583. The number of methoxy groups -OCH3 is 1. The van der Waals surface area contributed by atoms with E-state index in [1.54, 1.807) is 36.4 Å². The minimum Gasteiger partial charge on any atom is -0.494 e. The zero-order valence-electron chi connectivity index (χ0n) is 19.3. The first kappa shape index (κ1) is 24.1. The molecule has 0 atom stereocenters. The standard InChI is InChI=1S/C28H28F4O2/c1-3-17-4-6-18(7-5-17)22-13-10-20(25(29)26(22)30)16-34-21-11-8-19(9-12-21)23-14-15-24(33-2)28(32)27(23)31/h8-15,17-18H,3-7,16H2,1-2H3. The first-order valence-electron chi connectivity index (χ1n) is 11.6. The Labute approximate surface area is 197 Å². The maximum absolute atomic E-state index is 14.8. The van der Waals surface area contributed by atoms with E-state index in [9.17, 15) is 17.6 Å². The van der Waals surface area contributed by atoms with Crippen LogP contribution in [0.3, 0.4) is 0 Å². The van der Waals surface area contributed by atoms with E-state index in [4.69, 9.17) is 9.47 Å². The average molecular weight is 473 g/mol. The number of hydrogen-bond donors (Lipinski definition) is 0. The molecule has 0 aromatic heterocycles. The van der Waals surface area contributed by atoms with Crippen molar-refractivity contribution in [3.05, 3.63) is 82.9 Å². The molecular weight excluding hydrogens is 444 g/mol. The highest BCUT2D eigenvalue weighted by molar-refractivity contribution is 5.66.